The molecule has 4 aromatic carbocycles. The highest BCUT2D eigenvalue weighted by molar-refractivity contribution is 5.85. The van der Waals surface area contributed by atoms with Crippen molar-refractivity contribution >= 4 is 17.6 Å². The molecule has 1 aliphatic carbocycles. The van der Waals surface area contributed by atoms with Crippen LogP contribution in [0.2, 0.25) is 0 Å². The molecule has 4 heteroatoms. The van der Waals surface area contributed by atoms with E-state index in [-0.39, 0.29) is 18.5 Å². The SMILES string of the molecule is Fc1ccccc1COc1ccccc1C=Nc1ccc([C@@H]2Nc3ccccc3[C@H]3C=CC[C@@H]32)cc1. The zero-order valence-electron chi connectivity index (χ0n) is 19.8. The van der Waals surface area contributed by atoms with Crippen LogP contribution in [0, 0.1) is 11.7 Å². The van der Waals surface area contributed by atoms with E-state index in [2.05, 4.69) is 71.0 Å². The molecule has 0 bridgehead atoms. The maximum Gasteiger partial charge on any atom is 0.129 e. The number of nitrogens with one attached hydrogen (secondary N) is 1. The Bertz CT molecular complexity index is 1430. The summed E-state index contributed by atoms with van der Waals surface area (Å²) in [5.41, 5.74) is 6.14. The topological polar surface area (TPSA) is 33.6 Å². The van der Waals surface area contributed by atoms with Crippen LogP contribution in [0.1, 0.15) is 40.6 Å². The number of hydrogen-bond acceptors (Lipinski definition) is 3. The molecule has 0 aromatic heterocycles. The van der Waals surface area contributed by atoms with E-state index in [1.807, 2.05) is 30.3 Å². The second-order valence-corrected chi connectivity index (χ2v) is 9.33. The normalized spacial score (nSPS) is 20.1. The third kappa shape index (κ3) is 4.42. The van der Waals surface area contributed by atoms with Crippen molar-refractivity contribution in [2.75, 3.05) is 5.32 Å². The minimum absolute atomic E-state index is 0.167. The summed E-state index contributed by atoms with van der Waals surface area (Å²) in [5, 5.41) is 3.78. The van der Waals surface area contributed by atoms with E-state index in [0.717, 1.165) is 17.7 Å². The summed E-state index contributed by atoms with van der Waals surface area (Å²) < 4.78 is 19.9. The minimum atomic E-state index is -0.264. The molecule has 2 aliphatic rings. The first-order valence-corrected chi connectivity index (χ1v) is 12.4. The number of para-hydroxylation sites is 2. The van der Waals surface area contributed by atoms with Crippen molar-refractivity contribution < 1.29 is 9.13 Å². The third-order valence-electron chi connectivity index (χ3n) is 7.14. The molecule has 4 aromatic rings. The molecule has 0 unspecified atom stereocenters. The number of benzene rings is 4. The quantitative estimate of drug-likeness (QED) is 0.227. The predicted molar refractivity (Wildman–Crippen MR) is 144 cm³/mol. The van der Waals surface area contributed by atoms with Gasteiger partial charge in [0, 0.05) is 28.9 Å². The monoisotopic (exact) mass is 474 g/mol. The van der Waals surface area contributed by atoms with Gasteiger partial charge in [0.1, 0.15) is 18.2 Å². The summed E-state index contributed by atoms with van der Waals surface area (Å²) in [6, 6.07) is 31.7. The zero-order chi connectivity index (χ0) is 24.3. The number of ether oxygens (including phenoxy) is 1. The van der Waals surface area contributed by atoms with Crippen LogP contribution < -0.4 is 10.1 Å². The lowest BCUT2D eigenvalue weighted by Crippen LogP contribution is -2.28. The molecule has 0 radical (unpaired) electrons. The van der Waals surface area contributed by atoms with Crippen LogP contribution >= 0.6 is 0 Å². The van der Waals surface area contributed by atoms with Crippen molar-refractivity contribution in [3.05, 3.63) is 137 Å². The van der Waals surface area contributed by atoms with Gasteiger partial charge in [0.2, 0.25) is 0 Å². The largest absolute Gasteiger partial charge is 0.488 e. The summed E-state index contributed by atoms with van der Waals surface area (Å²) >= 11 is 0. The minimum Gasteiger partial charge on any atom is -0.488 e. The molecule has 36 heavy (non-hydrogen) atoms. The van der Waals surface area contributed by atoms with Crippen LogP contribution in [0.3, 0.4) is 0 Å². The van der Waals surface area contributed by atoms with Gasteiger partial charge in [-0.15, -0.1) is 0 Å². The van der Waals surface area contributed by atoms with Crippen LogP contribution in [0.15, 0.2) is 114 Å². The molecule has 0 amide bonds. The smallest absolute Gasteiger partial charge is 0.129 e. The molecule has 178 valence electrons. The van der Waals surface area contributed by atoms with Gasteiger partial charge in [-0.2, -0.15) is 0 Å². The number of aliphatic imine (C=N–C) groups is 1. The number of halogens is 1. The van der Waals surface area contributed by atoms with E-state index < -0.39 is 0 Å². The molecule has 6 rings (SSSR count). The number of hydrogen-bond donors (Lipinski definition) is 1. The molecule has 0 fully saturated rings. The van der Waals surface area contributed by atoms with Crippen LogP contribution in [-0.4, -0.2) is 6.21 Å². The standard InChI is InChI=1S/C32H27FN2O/c33-29-13-4-1-9-24(29)21-36-31-15-6-2-8-23(31)20-34-25-18-16-22(17-19-25)32-28-12-7-11-26(28)27-10-3-5-14-30(27)35-32/h1-11,13-20,26,28,32,35H,12,21H2/t26-,28+,32+/m1/s1. The van der Waals surface area contributed by atoms with Crippen molar-refractivity contribution in [3.8, 4) is 5.75 Å². The van der Waals surface area contributed by atoms with Crippen LogP contribution in [0.4, 0.5) is 15.8 Å². The first-order chi connectivity index (χ1) is 17.8. The molecular formula is C32H27FN2O. The molecule has 3 atom stereocenters. The van der Waals surface area contributed by atoms with Crippen molar-refractivity contribution in [1.82, 2.24) is 0 Å². The summed E-state index contributed by atoms with van der Waals surface area (Å²) in [4.78, 5) is 4.69. The number of allylic oxidation sites excluding steroid dienone is 2. The highest BCUT2D eigenvalue weighted by Gasteiger charge is 2.37. The number of rotatable bonds is 6. The molecule has 3 nitrogen and oxygen atoms in total. The van der Waals surface area contributed by atoms with Gasteiger partial charge in [0.05, 0.1) is 11.7 Å². The van der Waals surface area contributed by atoms with Gasteiger partial charge in [0.15, 0.2) is 0 Å². The third-order valence-corrected chi connectivity index (χ3v) is 7.14. The van der Waals surface area contributed by atoms with E-state index in [4.69, 9.17) is 4.74 Å². The van der Waals surface area contributed by atoms with E-state index in [1.165, 1.54) is 22.9 Å². The Kier molecular flexibility index (Phi) is 6.08. The van der Waals surface area contributed by atoms with Gasteiger partial charge in [-0.05, 0) is 59.9 Å². The van der Waals surface area contributed by atoms with Crippen LogP contribution in [0.5, 0.6) is 5.75 Å². The number of fused-ring (bicyclic) bond motifs is 3. The summed E-state index contributed by atoms with van der Waals surface area (Å²) in [7, 11) is 0. The van der Waals surface area contributed by atoms with Gasteiger partial charge < -0.3 is 10.1 Å². The summed E-state index contributed by atoms with van der Waals surface area (Å²) in [5.74, 6) is 1.39. The first kappa shape index (κ1) is 22.3. The molecule has 0 saturated heterocycles. The molecular weight excluding hydrogens is 447 g/mol. The molecule has 0 spiro atoms. The fraction of sp³-hybridized carbons (Fsp3) is 0.156. The van der Waals surface area contributed by atoms with Gasteiger partial charge >= 0.3 is 0 Å². The van der Waals surface area contributed by atoms with Gasteiger partial charge in [-0.25, -0.2) is 4.39 Å². The second-order valence-electron chi connectivity index (χ2n) is 9.33. The van der Waals surface area contributed by atoms with E-state index >= 15 is 0 Å². The van der Waals surface area contributed by atoms with E-state index in [9.17, 15) is 4.39 Å². The van der Waals surface area contributed by atoms with Crippen molar-refractivity contribution in [2.24, 2.45) is 10.9 Å². The maximum atomic E-state index is 14.0. The van der Waals surface area contributed by atoms with Crippen molar-refractivity contribution in [3.63, 3.8) is 0 Å². The Balaban J connectivity index is 1.18. The Morgan fingerprint density at radius 2 is 1.67 bits per heavy atom. The average Bonchev–Trinajstić information content (AvgIpc) is 3.42. The molecule has 1 N–H and O–H groups in total. The summed E-state index contributed by atoms with van der Waals surface area (Å²) in [6.07, 6.45) is 7.57. The van der Waals surface area contributed by atoms with Gasteiger partial charge in [-0.1, -0.05) is 72.8 Å². The van der Waals surface area contributed by atoms with Crippen molar-refractivity contribution in [2.45, 2.75) is 25.0 Å². The number of anilines is 1. The fourth-order valence-corrected chi connectivity index (χ4v) is 5.27. The highest BCUT2D eigenvalue weighted by atomic mass is 19.1. The Morgan fingerprint density at radius 3 is 2.56 bits per heavy atom. The van der Waals surface area contributed by atoms with Crippen molar-refractivity contribution in [1.29, 1.82) is 0 Å². The Morgan fingerprint density at radius 1 is 0.889 bits per heavy atom. The fourth-order valence-electron chi connectivity index (χ4n) is 5.27. The maximum absolute atomic E-state index is 14.0. The molecule has 1 aliphatic heterocycles. The highest BCUT2D eigenvalue weighted by Crippen LogP contribution is 2.49. The van der Waals surface area contributed by atoms with Gasteiger partial charge in [0.25, 0.3) is 0 Å². The average molecular weight is 475 g/mol. The van der Waals surface area contributed by atoms with E-state index in [0.29, 0.717) is 23.1 Å². The molecule has 0 saturated carbocycles. The lowest BCUT2D eigenvalue weighted by Gasteiger charge is -2.37. The predicted octanol–water partition coefficient (Wildman–Crippen LogP) is 7.98. The zero-order valence-corrected chi connectivity index (χ0v) is 19.8. The lowest BCUT2D eigenvalue weighted by atomic mass is 9.77. The van der Waals surface area contributed by atoms with Crippen LogP contribution in [-0.2, 0) is 6.61 Å². The lowest BCUT2D eigenvalue weighted by molar-refractivity contribution is 0.299. The van der Waals surface area contributed by atoms with E-state index in [1.54, 1.807) is 18.3 Å². The molecule has 1 heterocycles. The number of nitrogens with zero attached hydrogens (tertiary/aromatic N) is 1. The van der Waals surface area contributed by atoms with Gasteiger partial charge in [-0.3, -0.25) is 4.99 Å². The Labute approximate surface area is 211 Å². The Hall–Kier alpha value is -4.18. The second kappa shape index (κ2) is 9.82. The summed E-state index contributed by atoms with van der Waals surface area (Å²) in [6.45, 7) is 0.167. The first-order valence-electron chi connectivity index (χ1n) is 12.4. The van der Waals surface area contributed by atoms with Crippen LogP contribution in [0.25, 0.3) is 0 Å².